The zero-order valence-corrected chi connectivity index (χ0v) is 22.3. The Kier molecular flexibility index (Phi) is 9.27. The van der Waals surface area contributed by atoms with Crippen molar-refractivity contribution in [3.8, 4) is 0 Å². The molecule has 190 valence electrons. The van der Waals surface area contributed by atoms with Crippen LogP contribution in [-0.4, -0.2) is 79.3 Å². The second-order valence-electron chi connectivity index (χ2n) is 8.60. The van der Waals surface area contributed by atoms with Crippen LogP contribution >= 0.6 is 26.7 Å². The third-order valence-electron chi connectivity index (χ3n) is 5.39. The van der Waals surface area contributed by atoms with E-state index >= 15 is 0 Å². The van der Waals surface area contributed by atoms with Crippen LogP contribution in [0.15, 0.2) is 0 Å². The summed E-state index contributed by atoms with van der Waals surface area (Å²) in [4.78, 5) is 3.38. The molecule has 9 atom stereocenters. The molecule has 0 aromatic heterocycles. The van der Waals surface area contributed by atoms with Crippen molar-refractivity contribution in [2.45, 2.75) is 95.6 Å². The number of nitrogens with zero attached hydrogens (tertiary/aromatic N) is 2. The van der Waals surface area contributed by atoms with Gasteiger partial charge in [0, 0.05) is 44.7 Å². The van der Waals surface area contributed by atoms with Crippen LogP contribution in [0.5, 0.6) is 0 Å². The SMILES string of the molecule is [2H]C[C@H]1O[C@@H]([3H])C[C@@H]1O[P@]1(=O)OCC[C@H]([C@H]2O[C@@H]([3H])C[C@@H]2OP(OCC[N+]#[C-])N(C(C)C)C(C)C)S1. The van der Waals surface area contributed by atoms with Gasteiger partial charge in [-0.05, 0) is 52.4 Å². The van der Waals surface area contributed by atoms with Gasteiger partial charge in [-0.25, -0.2) is 15.8 Å². The van der Waals surface area contributed by atoms with Gasteiger partial charge in [0.15, 0.2) is 0 Å². The summed E-state index contributed by atoms with van der Waals surface area (Å²) in [5.74, 6) is 0. The third-order valence-corrected chi connectivity index (χ3v) is 11.8. The fourth-order valence-electron chi connectivity index (χ4n) is 3.92. The van der Waals surface area contributed by atoms with E-state index in [0.29, 0.717) is 12.8 Å². The quantitative estimate of drug-likeness (QED) is 0.202. The predicted molar refractivity (Wildman–Crippen MR) is 130 cm³/mol. The lowest BCUT2D eigenvalue weighted by Crippen LogP contribution is -2.39. The van der Waals surface area contributed by atoms with Gasteiger partial charge in [0.25, 0.3) is 8.53 Å². The van der Waals surface area contributed by atoms with Crippen molar-refractivity contribution in [1.29, 1.82) is 0 Å². The highest BCUT2D eigenvalue weighted by atomic mass is 32.7. The van der Waals surface area contributed by atoms with Crippen molar-refractivity contribution in [1.82, 2.24) is 4.67 Å². The molecular formula is C21H38N2O7P2S. The van der Waals surface area contributed by atoms with Gasteiger partial charge in [0.2, 0.25) is 6.54 Å². The summed E-state index contributed by atoms with van der Waals surface area (Å²) in [6.45, 7) is 10.7. The van der Waals surface area contributed by atoms with Gasteiger partial charge in [0.1, 0.15) is 6.61 Å². The number of hydrogen-bond donors (Lipinski definition) is 0. The highest BCUT2D eigenvalue weighted by Crippen LogP contribution is 2.67. The number of rotatable bonds is 11. The standard InChI is InChI=1S/C21H38N2O7P2S/c1-15(2)23(16(3)4)31(27-14-10-22-6)29-19-8-12-26-21(19)20-9-13-28-32(24,33-20)30-18-7-11-25-17(18)5/h15-21H,7-14H2,1-5H3/t17-,18+,19+,20-,21+,31?,32+/m1/s1/i5D,11T,12T/t11-,12-,17+,18-,19-,20+,21-,31?,32-/m0. The first-order valence-corrected chi connectivity index (χ1v) is 15.5. The molecule has 33 heavy (non-hydrogen) atoms. The number of hydrogen-bond acceptors (Lipinski definition) is 9. The van der Waals surface area contributed by atoms with Crippen LogP contribution < -0.4 is 0 Å². The molecule has 0 amide bonds. The predicted octanol–water partition coefficient (Wildman–Crippen LogP) is 5.27. The third kappa shape index (κ3) is 7.60. The minimum absolute atomic E-state index is 0.0877. The summed E-state index contributed by atoms with van der Waals surface area (Å²) in [7, 11) is -1.51. The van der Waals surface area contributed by atoms with Crippen LogP contribution in [-0.2, 0) is 32.1 Å². The second kappa shape index (κ2) is 13.0. The van der Waals surface area contributed by atoms with E-state index in [1.165, 1.54) is 0 Å². The zero-order valence-electron chi connectivity index (χ0n) is 22.7. The summed E-state index contributed by atoms with van der Waals surface area (Å²) in [6.07, 6.45) is -1.09. The average molecular weight is 530 g/mol. The first kappa shape index (κ1) is 23.6. The Bertz CT molecular complexity index is 791. The highest BCUT2D eigenvalue weighted by molar-refractivity contribution is 8.55. The molecule has 9 nitrogen and oxygen atoms in total. The van der Waals surface area contributed by atoms with Crippen molar-refractivity contribution in [2.75, 3.05) is 32.9 Å². The fourth-order valence-corrected chi connectivity index (χ4v) is 10.2. The van der Waals surface area contributed by atoms with E-state index in [1.807, 2.05) is 0 Å². The number of ether oxygens (including phenoxy) is 2. The van der Waals surface area contributed by atoms with E-state index in [9.17, 15) is 4.57 Å². The molecule has 0 aromatic rings. The maximum atomic E-state index is 13.5. The Morgan fingerprint density at radius 3 is 2.70 bits per heavy atom. The molecule has 0 saturated carbocycles. The van der Waals surface area contributed by atoms with E-state index in [1.54, 1.807) is 0 Å². The first-order valence-electron chi connectivity index (χ1n) is 13.2. The molecule has 3 fully saturated rings. The van der Waals surface area contributed by atoms with E-state index < -0.39 is 52.9 Å². The molecule has 0 N–H and O–H groups in total. The first-order chi connectivity index (χ1) is 17.1. The van der Waals surface area contributed by atoms with E-state index in [2.05, 4.69) is 37.2 Å². The summed E-state index contributed by atoms with van der Waals surface area (Å²) in [5, 5.41) is -0.292. The summed E-state index contributed by atoms with van der Waals surface area (Å²) < 4.78 is 74.7. The Hall–Kier alpha value is 0.220. The minimum Gasteiger partial charge on any atom is -0.376 e. The van der Waals surface area contributed by atoms with E-state index in [0.717, 1.165) is 11.4 Å². The molecule has 3 aliphatic heterocycles. The summed E-state index contributed by atoms with van der Waals surface area (Å²) in [5.41, 5.74) is 0. The molecule has 0 bridgehead atoms. The molecule has 0 aliphatic carbocycles. The molecule has 0 spiro atoms. The molecule has 1 unspecified atom stereocenters. The van der Waals surface area contributed by atoms with Gasteiger partial charge >= 0.3 is 6.80 Å². The molecule has 0 radical (unpaired) electrons. The Labute approximate surface area is 207 Å². The fraction of sp³-hybridized carbons (Fsp3) is 0.952. The topological polar surface area (TPSA) is 80.1 Å². The lowest BCUT2D eigenvalue weighted by atomic mass is 10.1. The summed E-state index contributed by atoms with van der Waals surface area (Å²) >= 11 is 1.06. The van der Waals surface area contributed by atoms with Crippen LogP contribution in [0.4, 0.5) is 0 Å². The van der Waals surface area contributed by atoms with Crippen molar-refractivity contribution >= 4 is 26.7 Å². The molecule has 3 saturated heterocycles. The molecular weight excluding hydrogens is 486 g/mol. The Morgan fingerprint density at radius 1 is 1.27 bits per heavy atom. The largest absolute Gasteiger partial charge is 0.389 e. The molecule has 3 heterocycles. The Balaban J connectivity index is 1.72. The van der Waals surface area contributed by atoms with Crippen molar-refractivity contribution in [2.24, 2.45) is 0 Å². The second-order valence-corrected chi connectivity index (χ2v) is 14.2. The zero-order chi connectivity index (χ0) is 26.5. The Morgan fingerprint density at radius 2 is 2.00 bits per heavy atom. The highest BCUT2D eigenvalue weighted by Gasteiger charge is 2.47. The van der Waals surface area contributed by atoms with Gasteiger partial charge in [-0.3, -0.25) is 4.52 Å². The minimum atomic E-state index is -3.60. The molecule has 0 aromatic carbocycles. The van der Waals surface area contributed by atoms with Crippen molar-refractivity contribution in [3.05, 3.63) is 11.4 Å². The van der Waals surface area contributed by atoms with Crippen molar-refractivity contribution < 1.29 is 36.2 Å². The van der Waals surface area contributed by atoms with Crippen LogP contribution in [0.25, 0.3) is 4.85 Å². The lowest BCUT2D eigenvalue weighted by molar-refractivity contribution is 0.0347. The van der Waals surface area contributed by atoms with Gasteiger partial charge in [0.05, 0.1) is 33.8 Å². The lowest BCUT2D eigenvalue weighted by Gasteiger charge is -2.39. The average Bonchev–Trinajstić information content (AvgIpc) is 3.33. The normalized spacial score (nSPS) is 41.8. The van der Waals surface area contributed by atoms with Gasteiger partial charge in [-0.15, -0.1) is 0 Å². The van der Waals surface area contributed by atoms with E-state index in [-0.39, 0.29) is 50.4 Å². The molecule has 3 rings (SSSR count). The van der Waals surface area contributed by atoms with Gasteiger partial charge in [-0.2, -0.15) is 0 Å². The monoisotopic (exact) mass is 529 g/mol. The van der Waals surface area contributed by atoms with Crippen LogP contribution in [0.3, 0.4) is 0 Å². The van der Waals surface area contributed by atoms with Crippen LogP contribution in [0.1, 0.15) is 58.0 Å². The summed E-state index contributed by atoms with van der Waals surface area (Å²) in [6, 6.07) is 0.282. The maximum Gasteiger partial charge on any atom is 0.389 e. The van der Waals surface area contributed by atoms with Crippen LogP contribution in [0.2, 0.25) is 0 Å². The maximum absolute atomic E-state index is 13.5. The van der Waals surface area contributed by atoms with Gasteiger partial charge < -0.3 is 27.9 Å². The van der Waals surface area contributed by atoms with Crippen molar-refractivity contribution in [3.63, 3.8) is 0 Å². The molecule has 3 aliphatic rings. The van der Waals surface area contributed by atoms with Crippen LogP contribution in [0, 0.1) is 6.57 Å². The molecule has 12 heteroatoms. The smallest absolute Gasteiger partial charge is 0.376 e. The van der Waals surface area contributed by atoms with E-state index in [4.69, 9.17) is 38.3 Å². The van der Waals surface area contributed by atoms with Gasteiger partial charge in [-0.1, -0.05) is 0 Å².